The van der Waals surface area contributed by atoms with Crippen LogP contribution in [0.25, 0.3) is 98.7 Å². The van der Waals surface area contributed by atoms with Crippen molar-refractivity contribution in [1.82, 2.24) is 0 Å². The van der Waals surface area contributed by atoms with Crippen LogP contribution in [0.4, 0.5) is 0 Å². The number of benzene rings is 9. The first-order valence-corrected chi connectivity index (χ1v) is 16.4. The highest BCUT2D eigenvalue weighted by molar-refractivity contribution is 6.29. The van der Waals surface area contributed by atoms with Crippen LogP contribution >= 0.6 is 0 Å². The van der Waals surface area contributed by atoms with Gasteiger partial charge in [0.2, 0.25) is 0 Å². The lowest BCUT2D eigenvalue weighted by molar-refractivity contribution is 1.51. The summed E-state index contributed by atoms with van der Waals surface area (Å²) in [6.45, 7) is 0. The largest absolute Gasteiger partial charge is 0.192 e. The normalized spacial score (nSPS) is 11.7. The number of nitriles is 1. The number of rotatable bonds is 3. The van der Waals surface area contributed by atoms with Gasteiger partial charge in [0.1, 0.15) is 0 Å². The third-order valence-corrected chi connectivity index (χ3v) is 10.2. The highest BCUT2D eigenvalue weighted by Crippen LogP contribution is 2.58. The summed E-state index contributed by atoms with van der Waals surface area (Å²) < 4.78 is 0. The predicted octanol–water partition coefficient (Wildman–Crippen LogP) is 12.8. The molecule has 0 aliphatic heterocycles. The monoisotopic (exact) mass is 605 g/mol. The fourth-order valence-electron chi connectivity index (χ4n) is 8.22. The molecule has 1 nitrogen and oxygen atoms in total. The van der Waals surface area contributed by atoms with Crippen LogP contribution < -0.4 is 0 Å². The van der Waals surface area contributed by atoms with Crippen molar-refractivity contribution in [2.24, 2.45) is 0 Å². The van der Waals surface area contributed by atoms with Gasteiger partial charge >= 0.3 is 0 Å². The zero-order valence-corrected chi connectivity index (χ0v) is 26.0. The van der Waals surface area contributed by atoms with Crippen molar-refractivity contribution < 1.29 is 0 Å². The molecule has 0 spiro atoms. The van der Waals surface area contributed by atoms with Gasteiger partial charge in [0.05, 0.1) is 11.6 Å². The van der Waals surface area contributed by atoms with Gasteiger partial charge < -0.3 is 0 Å². The van der Waals surface area contributed by atoms with Gasteiger partial charge in [-0.2, -0.15) is 5.26 Å². The Labute approximate surface area is 278 Å². The van der Waals surface area contributed by atoms with Gasteiger partial charge in [-0.1, -0.05) is 152 Å². The summed E-state index contributed by atoms with van der Waals surface area (Å²) in [5.74, 6) is 0. The van der Waals surface area contributed by atoms with Gasteiger partial charge in [0.15, 0.2) is 0 Å². The molecule has 0 amide bonds. The third-order valence-electron chi connectivity index (χ3n) is 10.2. The second-order valence-corrected chi connectivity index (χ2v) is 12.7. The molecule has 1 heteroatoms. The Kier molecular flexibility index (Phi) is 5.71. The summed E-state index contributed by atoms with van der Waals surface area (Å²) in [6.07, 6.45) is 0. The van der Waals surface area contributed by atoms with E-state index < -0.39 is 0 Å². The van der Waals surface area contributed by atoms with Crippen LogP contribution in [-0.4, -0.2) is 0 Å². The standard InChI is InChI=1S/C47H27N/c48-28-33-26-31-22-23-32(27-42(31)36-17-8-7-16-34(33)36)35-24-25-41-45-37(35)20-11-21-40(45)46-43(29-12-3-1-4-13-29)38-18-9-10-19-39(38)44(47(41)46)30-14-5-2-6-15-30/h1-27H. The smallest absolute Gasteiger partial charge is 0.0998 e. The Morgan fingerprint density at radius 2 is 0.875 bits per heavy atom. The maximum Gasteiger partial charge on any atom is 0.0998 e. The van der Waals surface area contributed by atoms with Crippen LogP contribution in [0, 0.1) is 11.3 Å². The summed E-state index contributed by atoms with van der Waals surface area (Å²) in [5.41, 5.74) is 13.3. The fourth-order valence-corrected chi connectivity index (χ4v) is 8.22. The minimum atomic E-state index is 0.713. The second-order valence-electron chi connectivity index (χ2n) is 12.7. The zero-order chi connectivity index (χ0) is 31.8. The van der Waals surface area contributed by atoms with Crippen molar-refractivity contribution in [1.29, 1.82) is 5.26 Å². The highest BCUT2D eigenvalue weighted by atomic mass is 14.3. The molecular formula is C47H27N. The number of fused-ring (bicyclic) bond motifs is 7. The summed E-state index contributed by atoms with van der Waals surface area (Å²) >= 11 is 0. The molecule has 0 N–H and O–H groups in total. The molecule has 0 radical (unpaired) electrons. The van der Waals surface area contributed by atoms with Crippen molar-refractivity contribution >= 4 is 43.1 Å². The Morgan fingerprint density at radius 1 is 0.333 bits per heavy atom. The van der Waals surface area contributed by atoms with Crippen molar-refractivity contribution in [2.45, 2.75) is 0 Å². The van der Waals surface area contributed by atoms with E-state index >= 15 is 0 Å². The Bertz CT molecular complexity index is 2730. The van der Waals surface area contributed by atoms with Crippen LogP contribution in [0.2, 0.25) is 0 Å². The van der Waals surface area contributed by atoms with E-state index in [2.05, 4.69) is 158 Å². The first-order valence-electron chi connectivity index (χ1n) is 16.4. The molecule has 1 aliphatic carbocycles. The first-order chi connectivity index (χ1) is 23.8. The predicted molar refractivity (Wildman–Crippen MR) is 202 cm³/mol. The number of hydrogen-bond acceptors (Lipinski definition) is 1. The molecule has 0 unspecified atom stereocenters. The molecule has 9 aromatic rings. The van der Waals surface area contributed by atoms with Gasteiger partial charge in [-0.3, -0.25) is 0 Å². The lowest BCUT2D eigenvalue weighted by atomic mass is 9.82. The molecule has 0 fully saturated rings. The third kappa shape index (κ3) is 3.72. The quantitative estimate of drug-likeness (QED) is 0.184. The van der Waals surface area contributed by atoms with E-state index in [-0.39, 0.29) is 0 Å². The van der Waals surface area contributed by atoms with Crippen LogP contribution in [0.1, 0.15) is 5.56 Å². The fraction of sp³-hybridized carbons (Fsp3) is 0. The van der Waals surface area contributed by atoms with E-state index in [4.69, 9.17) is 0 Å². The highest BCUT2D eigenvalue weighted by Gasteiger charge is 2.31. The number of nitrogens with zero attached hydrogens (tertiary/aromatic N) is 1. The van der Waals surface area contributed by atoms with Crippen LogP contribution in [0.15, 0.2) is 164 Å². The Morgan fingerprint density at radius 3 is 1.52 bits per heavy atom. The van der Waals surface area contributed by atoms with Gasteiger partial charge in [-0.05, 0) is 105 Å². The Hall–Kier alpha value is -6.49. The minimum absolute atomic E-state index is 0.713. The van der Waals surface area contributed by atoms with Crippen LogP contribution in [-0.2, 0) is 0 Å². The molecule has 0 atom stereocenters. The molecular weight excluding hydrogens is 579 g/mol. The van der Waals surface area contributed by atoms with Gasteiger partial charge in [0, 0.05) is 5.39 Å². The van der Waals surface area contributed by atoms with Gasteiger partial charge in [-0.15, -0.1) is 0 Å². The summed E-state index contributed by atoms with van der Waals surface area (Å²) in [4.78, 5) is 0. The summed E-state index contributed by atoms with van der Waals surface area (Å²) in [5, 5.41) is 19.3. The van der Waals surface area contributed by atoms with Crippen molar-refractivity contribution in [3.63, 3.8) is 0 Å². The topological polar surface area (TPSA) is 23.8 Å². The van der Waals surface area contributed by atoms with E-state index in [0.29, 0.717) is 5.56 Å². The SMILES string of the molecule is N#Cc1cc2ccc(-c3ccc4c5c(cccc35)-c3c-4c(-c4ccccc4)c4ccccc4c3-c3ccccc3)cc2c2ccccc12. The lowest BCUT2D eigenvalue weighted by Crippen LogP contribution is -1.93. The van der Waals surface area contributed by atoms with Crippen molar-refractivity contribution in [3.8, 4) is 61.7 Å². The molecule has 1 aliphatic rings. The zero-order valence-electron chi connectivity index (χ0n) is 26.0. The molecule has 0 saturated heterocycles. The molecule has 0 aromatic heterocycles. The molecule has 48 heavy (non-hydrogen) atoms. The van der Waals surface area contributed by atoms with Crippen LogP contribution in [0.5, 0.6) is 0 Å². The second kappa shape index (κ2) is 10.3. The number of hydrogen-bond donors (Lipinski definition) is 0. The Balaban J connectivity index is 1.31. The minimum Gasteiger partial charge on any atom is -0.192 e. The molecule has 0 bridgehead atoms. The van der Waals surface area contributed by atoms with Gasteiger partial charge in [-0.25, -0.2) is 0 Å². The van der Waals surface area contributed by atoms with E-state index in [1.807, 2.05) is 12.1 Å². The molecule has 220 valence electrons. The first kappa shape index (κ1) is 26.7. The molecule has 0 heterocycles. The molecule has 10 rings (SSSR count). The van der Waals surface area contributed by atoms with E-state index in [1.54, 1.807) is 0 Å². The van der Waals surface area contributed by atoms with E-state index in [0.717, 1.165) is 21.5 Å². The molecule has 0 saturated carbocycles. The average molecular weight is 606 g/mol. The van der Waals surface area contributed by atoms with Crippen molar-refractivity contribution in [2.75, 3.05) is 0 Å². The summed E-state index contributed by atoms with van der Waals surface area (Å²) in [7, 11) is 0. The van der Waals surface area contributed by atoms with Gasteiger partial charge in [0.25, 0.3) is 0 Å². The van der Waals surface area contributed by atoms with E-state index in [1.165, 1.54) is 77.2 Å². The van der Waals surface area contributed by atoms with Crippen LogP contribution in [0.3, 0.4) is 0 Å². The maximum atomic E-state index is 9.87. The maximum absolute atomic E-state index is 9.87. The average Bonchev–Trinajstić information content (AvgIpc) is 3.49. The summed E-state index contributed by atoms with van der Waals surface area (Å²) in [6, 6.07) is 61.5. The molecule has 9 aromatic carbocycles. The lowest BCUT2D eigenvalue weighted by Gasteiger charge is -2.20. The van der Waals surface area contributed by atoms with E-state index in [9.17, 15) is 5.26 Å². The van der Waals surface area contributed by atoms with Crippen molar-refractivity contribution in [3.05, 3.63) is 169 Å².